The van der Waals surface area contributed by atoms with E-state index in [9.17, 15) is 14.0 Å². The summed E-state index contributed by atoms with van der Waals surface area (Å²) in [7, 11) is 0. The second kappa shape index (κ2) is 9.67. The molecule has 1 aliphatic heterocycles. The highest BCUT2D eigenvalue weighted by Crippen LogP contribution is 2.32. The molecule has 1 aromatic carbocycles. The molecule has 0 saturated heterocycles. The lowest BCUT2D eigenvalue weighted by Crippen LogP contribution is -2.50. The number of nitrogens with zero attached hydrogens (tertiary/aromatic N) is 2. The molecule has 2 aliphatic rings. The molecule has 9 heteroatoms. The van der Waals surface area contributed by atoms with Crippen LogP contribution in [0.5, 0.6) is 5.75 Å². The maximum Gasteiger partial charge on any atom is 0.550 e. The summed E-state index contributed by atoms with van der Waals surface area (Å²) in [4.78, 5) is 31.1. The number of Topliss-reactive ketones (excluding diaryl/α,β-unsaturated/α-hetero) is 1. The van der Waals surface area contributed by atoms with Crippen molar-refractivity contribution in [1.82, 2.24) is 10.3 Å². The van der Waals surface area contributed by atoms with Crippen LogP contribution in [0.3, 0.4) is 0 Å². The third kappa shape index (κ3) is 5.17. The Morgan fingerprint density at radius 1 is 1.22 bits per heavy atom. The topological polar surface area (TPSA) is 81.4 Å². The molecule has 1 unspecified atom stereocenters. The highest BCUT2D eigenvalue weighted by Gasteiger charge is 2.39. The molecule has 1 atom stereocenters. The lowest BCUT2D eigenvalue weighted by Gasteiger charge is -2.27. The summed E-state index contributed by atoms with van der Waals surface area (Å²) in [5.41, 5.74) is 1.34. The first-order chi connectivity index (χ1) is 17.7. The predicted molar refractivity (Wildman–Crippen MR) is 136 cm³/mol. The molecule has 2 aromatic heterocycles. The summed E-state index contributed by atoms with van der Waals surface area (Å²) in [5, 5.41) is 5.40. The first-order valence-electron chi connectivity index (χ1n) is 11.6. The number of allylic oxidation sites excluding steroid dienone is 1. The summed E-state index contributed by atoms with van der Waals surface area (Å²) in [5.74, 6) is 0.406. The quantitative estimate of drug-likeness (QED) is 0.218. The molecule has 3 aromatic rings. The molecule has 0 fully saturated rings. The van der Waals surface area contributed by atoms with Gasteiger partial charge in [0, 0.05) is 17.5 Å². The molecule has 0 amide bonds. The minimum atomic E-state index is -0.746. The van der Waals surface area contributed by atoms with Crippen molar-refractivity contribution in [2.75, 3.05) is 0 Å². The normalized spacial score (nSPS) is 16.4. The summed E-state index contributed by atoms with van der Waals surface area (Å²) in [6.45, 7) is 5.33. The van der Waals surface area contributed by atoms with Crippen LogP contribution in [-0.4, -0.2) is 28.5 Å². The fraction of sp³-hybridized carbons (Fsp3) is 0.179. The van der Waals surface area contributed by atoms with Crippen molar-refractivity contribution in [3.8, 4) is 16.3 Å². The summed E-state index contributed by atoms with van der Waals surface area (Å²) >= 11 is 1.27. The van der Waals surface area contributed by atoms with E-state index < -0.39 is 11.7 Å². The molecule has 0 bridgehead atoms. The minimum Gasteiger partial charge on any atom is -0.483 e. The molecule has 1 aliphatic carbocycles. The maximum atomic E-state index is 13.8. The van der Waals surface area contributed by atoms with Crippen LogP contribution in [0, 0.1) is 12.2 Å². The van der Waals surface area contributed by atoms with Crippen molar-refractivity contribution in [3.05, 3.63) is 107 Å². The lowest BCUT2D eigenvalue weighted by molar-refractivity contribution is -0.574. The number of ketones is 1. The van der Waals surface area contributed by atoms with Crippen LogP contribution in [0.4, 0.5) is 9.18 Å². The highest BCUT2D eigenvalue weighted by molar-refractivity contribution is 7.13. The Kier molecular flexibility index (Phi) is 6.39. The third-order valence-electron chi connectivity index (χ3n) is 5.55. The molecule has 7 nitrogen and oxygen atoms in total. The zero-order valence-corrected chi connectivity index (χ0v) is 21.2. The molecule has 1 N–H and O–H groups in total. The van der Waals surface area contributed by atoms with Gasteiger partial charge >= 0.3 is 11.1 Å². The fourth-order valence-electron chi connectivity index (χ4n) is 3.93. The predicted octanol–water partition coefficient (Wildman–Crippen LogP) is 5.17. The smallest absolute Gasteiger partial charge is 0.483 e. The van der Waals surface area contributed by atoms with Gasteiger partial charge in [-0.3, -0.25) is 9.78 Å². The minimum absolute atomic E-state index is 0.199. The van der Waals surface area contributed by atoms with E-state index >= 15 is 0 Å². The van der Waals surface area contributed by atoms with Gasteiger partial charge in [-0.2, -0.15) is 6.08 Å². The number of ether oxygens (including phenoxy) is 2. The molecule has 37 heavy (non-hydrogen) atoms. The largest absolute Gasteiger partial charge is 0.550 e. The first kappa shape index (κ1) is 24.5. The van der Waals surface area contributed by atoms with Crippen LogP contribution in [0.25, 0.3) is 10.6 Å². The third-order valence-corrected chi connectivity index (χ3v) is 6.53. The average Bonchev–Trinajstić information content (AvgIpc) is 3.49. The number of benzene rings is 1. The Labute approximate surface area is 217 Å². The van der Waals surface area contributed by atoms with Gasteiger partial charge in [-0.05, 0) is 69.0 Å². The van der Waals surface area contributed by atoms with Crippen LogP contribution in [0.1, 0.15) is 31.3 Å². The van der Waals surface area contributed by atoms with Gasteiger partial charge in [-0.15, -0.1) is 22.6 Å². The van der Waals surface area contributed by atoms with Gasteiger partial charge < -0.3 is 14.8 Å². The van der Waals surface area contributed by atoms with Crippen molar-refractivity contribution >= 4 is 23.2 Å². The Hall–Kier alpha value is -4.24. The fourth-order valence-corrected chi connectivity index (χ4v) is 4.91. The Bertz CT molecular complexity index is 1450. The average molecular weight is 518 g/mol. The van der Waals surface area contributed by atoms with Gasteiger partial charge in [-0.1, -0.05) is 12.1 Å². The van der Waals surface area contributed by atoms with E-state index in [1.54, 1.807) is 75.4 Å². The van der Waals surface area contributed by atoms with E-state index in [-0.39, 0.29) is 23.3 Å². The molecule has 5 rings (SSSR count). The van der Waals surface area contributed by atoms with Crippen molar-refractivity contribution in [2.24, 2.45) is 0 Å². The summed E-state index contributed by atoms with van der Waals surface area (Å²) in [6, 6.07) is 9.05. The number of halogens is 1. The number of pyridine rings is 1. The summed E-state index contributed by atoms with van der Waals surface area (Å²) in [6.07, 6.45) is 9.68. The van der Waals surface area contributed by atoms with Gasteiger partial charge in [0.2, 0.25) is 28.2 Å². The number of rotatable bonds is 5. The molecule has 0 spiro atoms. The summed E-state index contributed by atoms with van der Waals surface area (Å²) < 4.78 is 26.0. The number of hydrogen-bond donors (Lipinski definition) is 1. The van der Waals surface area contributed by atoms with E-state index in [1.807, 2.05) is 12.1 Å². The van der Waals surface area contributed by atoms with Gasteiger partial charge in [-0.25, -0.2) is 9.18 Å². The number of carbonyl (C=O) groups is 2. The number of aromatic nitrogens is 2. The van der Waals surface area contributed by atoms with Crippen LogP contribution in [-0.2, 0) is 4.74 Å². The first-order valence-corrected chi connectivity index (χ1v) is 12.5. The van der Waals surface area contributed by atoms with Gasteiger partial charge in [0.05, 0.1) is 0 Å². The zero-order chi connectivity index (χ0) is 26.2. The van der Waals surface area contributed by atoms with E-state index in [0.717, 1.165) is 5.57 Å². The molecule has 3 heterocycles. The van der Waals surface area contributed by atoms with Crippen LogP contribution in [0.15, 0.2) is 89.4 Å². The second-order valence-corrected chi connectivity index (χ2v) is 10.3. The number of nitrogens with one attached hydrogen (secondary N) is 1. The monoisotopic (exact) mass is 517 g/mol. The zero-order valence-electron chi connectivity index (χ0n) is 20.4. The molecule has 188 valence electrons. The van der Waals surface area contributed by atoms with E-state index in [4.69, 9.17) is 9.47 Å². The Morgan fingerprint density at radius 3 is 2.70 bits per heavy atom. The molecule has 0 saturated carbocycles. The molecular formula is C28H24FN3O4S. The standard InChI is InChI=1S/C28H24FN3O4S/c1-28(2,3)36-27(34)32-24(16-37-26(32)17-5-4-12-30-14-17)25(33)22-15-31-23-13-20(10-11-21(22)23)35-19-8-6-18(29)7-9-19/h4-16,23,31H,1-3H3. The van der Waals surface area contributed by atoms with Gasteiger partial charge in [0.25, 0.3) is 0 Å². The van der Waals surface area contributed by atoms with Crippen molar-refractivity contribution in [2.45, 2.75) is 32.4 Å². The Morgan fingerprint density at radius 2 is 2.00 bits per heavy atom. The van der Waals surface area contributed by atoms with Crippen molar-refractivity contribution in [3.63, 3.8) is 0 Å². The van der Waals surface area contributed by atoms with E-state index in [0.29, 0.717) is 27.7 Å². The van der Waals surface area contributed by atoms with Crippen molar-refractivity contribution in [1.29, 1.82) is 0 Å². The molecular weight excluding hydrogens is 493 g/mol. The van der Waals surface area contributed by atoms with Gasteiger partial charge in [0.15, 0.2) is 0 Å². The number of carbonyl (C=O) groups excluding carboxylic acids is 2. The van der Waals surface area contributed by atoms with E-state index in [1.165, 1.54) is 28.0 Å². The van der Waals surface area contributed by atoms with Crippen LogP contribution >= 0.6 is 11.3 Å². The SMILES string of the molecule is CC(C)(C)OC(=O)[n+]1c(C(=O)C2=CNC3C=C(Oc4ccc(F)cc4)[CH-]C=C23)c[s+][c-]1-c1cccnc1. The van der Waals surface area contributed by atoms with Crippen LogP contribution in [0.2, 0.25) is 0 Å². The highest BCUT2D eigenvalue weighted by atomic mass is 32.1. The van der Waals surface area contributed by atoms with E-state index in [2.05, 4.69) is 10.3 Å². The number of thiazole rings is 1. The number of fused-ring (bicyclic) bond motifs is 1. The number of hydrogen-bond acceptors (Lipinski definition) is 6. The lowest BCUT2D eigenvalue weighted by atomic mass is 9.93. The second-order valence-electron chi connectivity index (χ2n) is 9.43. The molecule has 0 radical (unpaired) electrons. The maximum absolute atomic E-state index is 13.8. The Balaban J connectivity index is 1.42. The van der Waals surface area contributed by atoms with Gasteiger partial charge in [0.1, 0.15) is 17.2 Å². The van der Waals surface area contributed by atoms with Crippen LogP contribution < -0.4 is 14.6 Å². The van der Waals surface area contributed by atoms with Crippen molar-refractivity contribution < 1.29 is 28.0 Å².